The molecule has 0 aromatic carbocycles. The smallest absolute Gasteiger partial charge is 0.224 e. The summed E-state index contributed by atoms with van der Waals surface area (Å²) in [6.45, 7) is 4.42. The van der Waals surface area contributed by atoms with Crippen LogP contribution < -0.4 is 5.73 Å². The Morgan fingerprint density at radius 3 is 2.91 bits per heavy atom. The quantitative estimate of drug-likeness (QED) is 0.466. The topological polar surface area (TPSA) is 116 Å². The molecule has 0 radical (unpaired) electrons. The number of alkyl halides is 1. The van der Waals surface area contributed by atoms with E-state index in [9.17, 15) is 4.39 Å². The number of hydrogen-bond donors (Lipinski definition) is 1. The second-order valence-corrected chi connectivity index (χ2v) is 9.43. The van der Waals surface area contributed by atoms with E-state index in [4.69, 9.17) is 41.0 Å². The highest BCUT2D eigenvalue weighted by atomic mass is 35.5. The molecule has 2 aromatic rings. The van der Waals surface area contributed by atoms with E-state index in [0.717, 1.165) is 6.42 Å². The zero-order valence-electron chi connectivity index (χ0n) is 18.7. The Labute approximate surface area is 195 Å². The molecular weight excluding hydrogens is 457 g/mol. The zero-order chi connectivity index (χ0) is 23.2. The third-order valence-electron chi connectivity index (χ3n) is 6.15. The summed E-state index contributed by atoms with van der Waals surface area (Å²) in [4.78, 5) is 13.4. The lowest BCUT2D eigenvalue weighted by molar-refractivity contribution is -0.201. The standard InChI is InChI=1S/C21H29ClFN5O5/c1-21(2)32-16-13(9-29-6-3-5-23)31-19(17(16)33-21)28-10-25-15-14(26-20(22)27-18(15)28)12-8-11(24)4-7-30-12/h10-13,16-17,19H,3-9,24H2,1-2H3/t11?,12?,13-,16-,17-,19-/m1/s1. The summed E-state index contributed by atoms with van der Waals surface area (Å²) in [6, 6.07) is 0.0259. The summed E-state index contributed by atoms with van der Waals surface area (Å²) >= 11 is 6.30. The monoisotopic (exact) mass is 485 g/mol. The van der Waals surface area contributed by atoms with Crippen LogP contribution in [0.2, 0.25) is 5.28 Å². The third-order valence-corrected chi connectivity index (χ3v) is 6.32. The van der Waals surface area contributed by atoms with Gasteiger partial charge in [-0.15, -0.1) is 0 Å². The number of aromatic nitrogens is 4. The highest BCUT2D eigenvalue weighted by Crippen LogP contribution is 2.44. The first-order valence-electron chi connectivity index (χ1n) is 11.3. The van der Waals surface area contributed by atoms with Crippen molar-refractivity contribution in [1.82, 2.24) is 19.5 Å². The molecule has 3 aliphatic heterocycles. The van der Waals surface area contributed by atoms with Gasteiger partial charge in [-0.1, -0.05) is 0 Å². The molecule has 0 bridgehead atoms. The molecule has 0 aliphatic carbocycles. The molecule has 33 heavy (non-hydrogen) atoms. The van der Waals surface area contributed by atoms with E-state index in [1.54, 1.807) is 10.9 Å². The number of fused-ring (bicyclic) bond motifs is 2. The average molecular weight is 486 g/mol. The number of imidazole rings is 1. The molecule has 3 aliphatic rings. The first-order valence-corrected chi connectivity index (χ1v) is 11.7. The van der Waals surface area contributed by atoms with Gasteiger partial charge in [-0.25, -0.2) is 9.97 Å². The number of rotatable bonds is 7. The van der Waals surface area contributed by atoms with Gasteiger partial charge < -0.3 is 29.4 Å². The summed E-state index contributed by atoms with van der Waals surface area (Å²) in [6.07, 6.45) is 1.37. The van der Waals surface area contributed by atoms with Gasteiger partial charge in [0.05, 0.1) is 19.6 Å². The van der Waals surface area contributed by atoms with Crippen molar-refractivity contribution in [2.45, 2.75) is 75.6 Å². The first-order chi connectivity index (χ1) is 15.9. The van der Waals surface area contributed by atoms with Crippen LogP contribution in [0.1, 0.15) is 51.1 Å². The van der Waals surface area contributed by atoms with E-state index in [0.29, 0.717) is 42.9 Å². The SMILES string of the molecule is CC1(C)O[C@@H]2[C@H](O1)[C@@H](COCCCF)O[C@H]2n1cnc2c(C3CC(N)CCO3)nc(Cl)nc21. The number of nitrogens with two attached hydrogens (primary N) is 1. The highest BCUT2D eigenvalue weighted by Gasteiger charge is 2.56. The fourth-order valence-electron chi connectivity index (χ4n) is 4.71. The molecule has 182 valence electrons. The van der Waals surface area contributed by atoms with Gasteiger partial charge in [0.1, 0.15) is 35.6 Å². The van der Waals surface area contributed by atoms with Gasteiger partial charge in [0, 0.05) is 19.3 Å². The molecule has 0 spiro atoms. The molecule has 10 nitrogen and oxygen atoms in total. The summed E-state index contributed by atoms with van der Waals surface area (Å²) < 4.78 is 44.3. The van der Waals surface area contributed by atoms with Crippen LogP contribution in [0.15, 0.2) is 6.33 Å². The normalized spacial score (nSPS) is 33.6. The Hall–Kier alpha value is -1.47. The number of nitrogens with zero attached hydrogens (tertiary/aromatic N) is 4. The second kappa shape index (κ2) is 9.29. The maximum atomic E-state index is 12.4. The molecule has 6 atom stereocenters. The van der Waals surface area contributed by atoms with Crippen LogP contribution in [0.4, 0.5) is 4.39 Å². The molecular formula is C21H29ClFN5O5. The number of ether oxygens (including phenoxy) is 5. The average Bonchev–Trinajstić information content (AvgIpc) is 3.41. The van der Waals surface area contributed by atoms with Crippen molar-refractivity contribution >= 4 is 22.8 Å². The Morgan fingerprint density at radius 2 is 2.12 bits per heavy atom. The molecule has 2 N–H and O–H groups in total. The van der Waals surface area contributed by atoms with Crippen LogP contribution in [0.3, 0.4) is 0 Å². The van der Waals surface area contributed by atoms with Gasteiger partial charge in [-0.2, -0.15) is 4.98 Å². The van der Waals surface area contributed by atoms with Crippen LogP contribution in [-0.2, 0) is 23.7 Å². The molecule has 2 aromatic heterocycles. The van der Waals surface area contributed by atoms with Crippen LogP contribution >= 0.6 is 11.6 Å². The minimum Gasteiger partial charge on any atom is -0.379 e. The maximum Gasteiger partial charge on any atom is 0.224 e. The van der Waals surface area contributed by atoms with Crippen LogP contribution in [0, 0.1) is 0 Å². The fraction of sp³-hybridized carbons (Fsp3) is 0.762. The summed E-state index contributed by atoms with van der Waals surface area (Å²) in [5, 5.41) is 0.0894. The third kappa shape index (κ3) is 4.60. The summed E-state index contributed by atoms with van der Waals surface area (Å²) in [5.41, 5.74) is 7.86. The largest absolute Gasteiger partial charge is 0.379 e. The first kappa shape index (κ1) is 23.3. The second-order valence-electron chi connectivity index (χ2n) is 9.09. The minimum atomic E-state index is -0.783. The van der Waals surface area contributed by atoms with Crippen molar-refractivity contribution in [1.29, 1.82) is 0 Å². The zero-order valence-corrected chi connectivity index (χ0v) is 19.4. The Bertz CT molecular complexity index is 993. The van der Waals surface area contributed by atoms with Gasteiger partial charge in [0.25, 0.3) is 0 Å². The van der Waals surface area contributed by atoms with Crippen LogP contribution in [0.25, 0.3) is 11.2 Å². The lowest BCUT2D eigenvalue weighted by atomic mass is 10.0. The molecule has 2 unspecified atom stereocenters. The van der Waals surface area contributed by atoms with E-state index >= 15 is 0 Å². The van der Waals surface area contributed by atoms with Crippen molar-refractivity contribution < 1.29 is 28.1 Å². The van der Waals surface area contributed by atoms with Crippen LogP contribution in [0.5, 0.6) is 0 Å². The van der Waals surface area contributed by atoms with E-state index in [-0.39, 0.29) is 30.1 Å². The number of hydrogen-bond acceptors (Lipinski definition) is 9. The Kier molecular flexibility index (Phi) is 6.55. The van der Waals surface area contributed by atoms with Gasteiger partial charge in [0.2, 0.25) is 5.28 Å². The number of halogens is 2. The van der Waals surface area contributed by atoms with Gasteiger partial charge in [-0.05, 0) is 44.7 Å². The highest BCUT2D eigenvalue weighted by molar-refractivity contribution is 6.28. The lowest BCUT2D eigenvalue weighted by Gasteiger charge is -2.27. The Balaban J connectivity index is 1.45. The molecule has 0 amide bonds. The molecule has 3 saturated heterocycles. The van der Waals surface area contributed by atoms with E-state index in [1.165, 1.54) is 0 Å². The van der Waals surface area contributed by atoms with Crippen molar-refractivity contribution in [3.05, 3.63) is 17.3 Å². The Morgan fingerprint density at radius 1 is 1.30 bits per heavy atom. The lowest BCUT2D eigenvalue weighted by Crippen LogP contribution is -2.33. The predicted octanol–water partition coefficient (Wildman–Crippen LogP) is 2.45. The summed E-state index contributed by atoms with van der Waals surface area (Å²) in [7, 11) is 0. The fourth-order valence-corrected chi connectivity index (χ4v) is 4.88. The maximum absolute atomic E-state index is 12.4. The van der Waals surface area contributed by atoms with Gasteiger partial charge in [-0.3, -0.25) is 8.96 Å². The van der Waals surface area contributed by atoms with E-state index in [1.807, 2.05) is 13.8 Å². The van der Waals surface area contributed by atoms with Crippen molar-refractivity contribution in [3.8, 4) is 0 Å². The van der Waals surface area contributed by atoms with E-state index < -0.39 is 30.9 Å². The van der Waals surface area contributed by atoms with Gasteiger partial charge in [0.15, 0.2) is 17.7 Å². The molecule has 3 fully saturated rings. The predicted molar refractivity (Wildman–Crippen MR) is 115 cm³/mol. The summed E-state index contributed by atoms with van der Waals surface area (Å²) in [5.74, 6) is -0.783. The van der Waals surface area contributed by atoms with Crippen molar-refractivity contribution in [2.75, 3.05) is 26.5 Å². The van der Waals surface area contributed by atoms with Crippen molar-refractivity contribution in [3.63, 3.8) is 0 Å². The van der Waals surface area contributed by atoms with E-state index in [2.05, 4.69) is 15.0 Å². The van der Waals surface area contributed by atoms with Crippen LogP contribution in [-0.4, -0.2) is 76.2 Å². The molecule has 5 heterocycles. The molecule has 0 saturated carbocycles. The molecule has 5 rings (SSSR count). The van der Waals surface area contributed by atoms with Crippen molar-refractivity contribution in [2.24, 2.45) is 5.73 Å². The minimum absolute atomic E-state index is 0.0259. The molecule has 12 heteroatoms. The van der Waals surface area contributed by atoms with Gasteiger partial charge >= 0.3 is 0 Å².